The average Bonchev–Trinajstić information content (AvgIpc) is 1.85. The summed E-state index contributed by atoms with van der Waals surface area (Å²) in [7, 11) is 0. The first-order valence-electron chi connectivity index (χ1n) is 4.56. The third-order valence-electron chi connectivity index (χ3n) is 2.45. The van der Waals surface area contributed by atoms with Gasteiger partial charge >= 0.3 is 0 Å². The lowest BCUT2D eigenvalue weighted by Crippen LogP contribution is -2.20. The van der Waals surface area contributed by atoms with Gasteiger partial charge in [0.25, 0.3) is 0 Å². The van der Waals surface area contributed by atoms with E-state index in [0.29, 0.717) is 5.41 Å². The number of isothiocyanates is 1. The molecule has 2 heteroatoms. The van der Waals surface area contributed by atoms with E-state index in [2.05, 4.69) is 33.0 Å². The van der Waals surface area contributed by atoms with E-state index in [-0.39, 0.29) is 0 Å². The minimum atomic E-state index is 0.650. The third kappa shape index (κ3) is 5.45. The molecule has 0 aromatic carbocycles. The fourth-order valence-electron chi connectivity index (χ4n) is 2.08. The molecule has 1 atom stereocenters. The van der Waals surface area contributed by atoms with Crippen molar-refractivity contribution < 1.29 is 0 Å². The summed E-state index contributed by atoms with van der Waals surface area (Å²) < 4.78 is 0. The van der Waals surface area contributed by atoms with E-state index in [1.807, 2.05) is 0 Å². The quantitative estimate of drug-likeness (QED) is 0.449. The molecular formula is C10H19NS. The second-order valence-corrected chi connectivity index (χ2v) is 4.67. The van der Waals surface area contributed by atoms with Crippen LogP contribution in [0.3, 0.4) is 0 Å². The van der Waals surface area contributed by atoms with Crippen LogP contribution in [0, 0.1) is 16.7 Å². The summed E-state index contributed by atoms with van der Waals surface area (Å²) in [6, 6.07) is 0. The minimum Gasteiger partial charge on any atom is -0.248 e. The Morgan fingerprint density at radius 2 is 2.00 bits per heavy atom. The van der Waals surface area contributed by atoms with Gasteiger partial charge in [-0.15, -0.1) is 0 Å². The zero-order valence-corrected chi connectivity index (χ0v) is 9.13. The number of rotatable bonds is 0. The summed E-state index contributed by atoms with van der Waals surface area (Å²) >= 11 is 3.81. The van der Waals surface area contributed by atoms with E-state index in [0.717, 1.165) is 5.92 Å². The SMILES string of the molecule is CC1CCCC(C)(C)C1.N=C=S. The van der Waals surface area contributed by atoms with Crippen molar-refractivity contribution in [2.45, 2.75) is 46.5 Å². The smallest absolute Gasteiger partial charge is 0.0554 e. The van der Waals surface area contributed by atoms with E-state index >= 15 is 0 Å². The lowest BCUT2D eigenvalue weighted by Gasteiger charge is -2.33. The Balaban J connectivity index is 0.000000354. The molecule has 12 heavy (non-hydrogen) atoms. The van der Waals surface area contributed by atoms with Crippen LogP contribution in [0.1, 0.15) is 46.5 Å². The molecule has 0 aromatic heterocycles. The highest BCUT2D eigenvalue weighted by Gasteiger charge is 2.24. The van der Waals surface area contributed by atoms with Crippen molar-refractivity contribution >= 4 is 17.4 Å². The molecule has 1 saturated carbocycles. The fourth-order valence-corrected chi connectivity index (χ4v) is 2.08. The molecular weight excluding hydrogens is 166 g/mol. The Bertz CT molecular complexity index is 157. The zero-order chi connectivity index (χ0) is 9.61. The number of thiocarbonyl (C=S) groups is 1. The normalized spacial score (nSPS) is 26.4. The Hall–Kier alpha value is -0.200. The summed E-state index contributed by atoms with van der Waals surface area (Å²) in [5, 5.41) is 7.36. The van der Waals surface area contributed by atoms with E-state index in [1.54, 1.807) is 5.16 Å². The third-order valence-corrected chi connectivity index (χ3v) is 2.45. The number of hydrogen-bond donors (Lipinski definition) is 1. The van der Waals surface area contributed by atoms with Crippen LogP contribution in [0.4, 0.5) is 0 Å². The first-order chi connectivity index (χ1) is 5.52. The Morgan fingerprint density at radius 3 is 2.25 bits per heavy atom. The van der Waals surface area contributed by atoms with Crippen molar-refractivity contribution in [1.29, 1.82) is 5.41 Å². The van der Waals surface area contributed by atoms with Crippen LogP contribution in [0.5, 0.6) is 0 Å². The van der Waals surface area contributed by atoms with Crippen molar-refractivity contribution in [2.75, 3.05) is 0 Å². The van der Waals surface area contributed by atoms with Gasteiger partial charge in [0.05, 0.1) is 5.16 Å². The van der Waals surface area contributed by atoms with Crippen LogP contribution in [-0.4, -0.2) is 5.16 Å². The molecule has 1 rings (SSSR count). The Kier molecular flexibility index (Phi) is 5.36. The molecule has 1 nitrogen and oxygen atoms in total. The first-order valence-corrected chi connectivity index (χ1v) is 4.96. The van der Waals surface area contributed by atoms with Gasteiger partial charge < -0.3 is 0 Å². The van der Waals surface area contributed by atoms with E-state index in [9.17, 15) is 0 Å². The Morgan fingerprint density at radius 1 is 1.50 bits per heavy atom. The Labute approximate surface area is 81.1 Å². The van der Waals surface area contributed by atoms with Gasteiger partial charge in [-0.05, 0) is 36.4 Å². The molecule has 1 unspecified atom stereocenters. The first kappa shape index (κ1) is 11.8. The summed E-state index contributed by atoms with van der Waals surface area (Å²) in [5.41, 5.74) is 0.650. The standard InChI is InChI=1S/C9H18.CHNS/c1-8-5-4-6-9(2,3)7-8;2-1-3/h8H,4-7H2,1-3H3;2H. The van der Waals surface area contributed by atoms with Gasteiger partial charge in [-0.2, -0.15) is 0 Å². The molecule has 0 aliphatic heterocycles. The maximum atomic E-state index is 5.77. The molecule has 1 aliphatic rings. The lowest BCUT2D eigenvalue weighted by molar-refractivity contribution is 0.191. The predicted molar refractivity (Wildman–Crippen MR) is 56.7 cm³/mol. The van der Waals surface area contributed by atoms with Gasteiger partial charge in [-0.25, -0.2) is 5.41 Å². The summed E-state index contributed by atoms with van der Waals surface area (Å²) in [4.78, 5) is 0. The molecule has 0 saturated heterocycles. The zero-order valence-electron chi connectivity index (χ0n) is 8.31. The van der Waals surface area contributed by atoms with Crippen molar-refractivity contribution in [2.24, 2.45) is 11.3 Å². The van der Waals surface area contributed by atoms with Gasteiger partial charge in [0, 0.05) is 0 Å². The van der Waals surface area contributed by atoms with Crippen LogP contribution in [0.15, 0.2) is 0 Å². The van der Waals surface area contributed by atoms with Gasteiger partial charge in [0.2, 0.25) is 0 Å². The maximum absolute atomic E-state index is 5.77. The molecule has 1 N–H and O–H groups in total. The van der Waals surface area contributed by atoms with E-state index in [4.69, 9.17) is 5.41 Å². The summed E-state index contributed by atoms with van der Waals surface area (Å²) in [6.45, 7) is 7.16. The molecule has 0 aromatic rings. The molecule has 0 bridgehead atoms. The molecule has 0 spiro atoms. The van der Waals surface area contributed by atoms with Gasteiger partial charge in [0.1, 0.15) is 0 Å². The highest BCUT2D eigenvalue weighted by Crippen LogP contribution is 2.37. The second kappa shape index (κ2) is 5.45. The largest absolute Gasteiger partial charge is 0.248 e. The summed E-state index contributed by atoms with van der Waals surface area (Å²) in [5.74, 6) is 0.980. The maximum Gasteiger partial charge on any atom is 0.0554 e. The molecule has 70 valence electrons. The molecule has 1 fully saturated rings. The van der Waals surface area contributed by atoms with Crippen LogP contribution in [0.25, 0.3) is 0 Å². The highest BCUT2D eigenvalue weighted by atomic mass is 32.1. The fraction of sp³-hybridized carbons (Fsp3) is 0.900. The van der Waals surface area contributed by atoms with Crippen LogP contribution in [-0.2, 0) is 0 Å². The van der Waals surface area contributed by atoms with Crippen molar-refractivity contribution in [3.63, 3.8) is 0 Å². The van der Waals surface area contributed by atoms with Crippen LogP contribution >= 0.6 is 12.2 Å². The van der Waals surface area contributed by atoms with E-state index in [1.165, 1.54) is 25.7 Å². The minimum absolute atomic E-state index is 0.650. The van der Waals surface area contributed by atoms with Gasteiger partial charge in [-0.1, -0.05) is 33.6 Å². The predicted octanol–water partition coefficient (Wildman–Crippen LogP) is 3.89. The van der Waals surface area contributed by atoms with Crippen molar-refractivity contribution in [3.8, 4) is 0 Å². The van der Waals surface area contributed by atoms with Gasteiger partial charge in [-0.3, -0.25) is 0 Å². The summed E-state index contributed by atoms with van der Waals surface area (Å²) in [6.07, 6.45) is 5.79. The number of nitrogens with one attached hydrogen (secondary N) is 1. The molecule has 1 aliphatic carbocycles. The highest BCUT2D eigenvalue weighted by molar-refractivity contribution is 7.78. The van der Waals surface area contributed by atoms with E-state index < -0.39 is 0 Å². The van der Waals surface area contributed by atoms with Gasteiger partial charge in [0.15, 0.2) is 0 Å². The molecule has 0 heterocycles. The van der Waals surface area contributed by atoms with Crippen LogP contribution < -0.4 is 0 Å². The second-order valence-electron chi connectivity index (χ2n) is 4.47. The van der Waals surface area contributed by atoms with Crippen molar-refractivity contribution in [3.05, 3.63) is 0 Å². The lowest BCUT2D eigenvalue weighted by atomic mass is 9.73. The topological polar surface area (TPSA) is 23.9 Å². The molecule has 0 amide bonds. The average molecular weight is 185 g/mol. The monoisotopic (exact) mass is 185 g/mol. The van der Waals surface area contributed by atoms with Crippen LogP contribution in [0.2, 0.25) is 0 Å². The molecule has 0 radical (unpaired) electrons. The number of hydrogen-bond acceptors (Lipinski definition) is 2. The van der Waals surface area contributed by atoms with Crippen molar-refractivity contribution in [1.82, 2.24) is 0 Å².